The van der Waals surface area contributed by atoms with Gasteiger partial charge in [-0.15, -0.1) is 0 Å². The Labute approximate surface area is 208 Å². The van der Waals surface area contributed by atoms with Crippen molar-refractivity contribution in [3.05, 3.63) is 34.9 Å². The molecule has 0 saturated carbocycles. The van der Waals surface area contributed by atoms with Crippen molar-refractivity contribution in [3.8, 4) is 11.8 Å². The molecule has 1 aliphatic heterocycles. The van der Waals surface area contributed by atoms with Crippen LogP contribution in [0.4, 0.5) is 0 Å². The minimum atomic E-state index is -0.419. The summed E-state index contributed by atoms with van der Waals surface area (Å²) in [6.45, 7) is 5.41. The van der Waals surface area contributed by atoms with E-state index in [9.17, 15) is 14.4 Å². The number of nitrogens with one attached hydrogen (secondary N) is 3. The zero-order valence-corrected chi connectivity index (χ0v) is 20.9. The number of nitrogens with zero attached hydrogens (tertiary/aromatic N) is 1. The fraction of sp³-hybridized carbons (Fsp3) is 0.577. The predicted octanol–water partition coefficient (Wildman–Crippen LogP) is 0.710. The molecule has 35 heavy (non-hydrogen) atoms. The molecule has 1 heterocycles. The van der Waals surface area contributed by atoms with Gasteiger partial charge in [-0.25, -0.2) is 0 Å². The number of imide groups is 1. The summed E-state index contributed by atoms with van der Waals surface area (Å²) in [5, 5.41) is 8.81. The van der Waals surface area contributed by atoms with Crippen molar-refractivity contribution >= 4 is 18.1 Å². The number of carbonyl (C=O) groups is 3. The van der Waals surface area contributed by atoms with Gasteiger partial charge in [0.1, 0.15) is 6.29 Å². The highest BCUT2D eigenvalue weighted by Crippen LogP contribution is 2.19. The molecule has 1 aromatic carbocycles. The molecule has 9 nitrogen and oxygen atoms in total. The standard InChI is InChI=1S/C26H38N4O5/c1-27-12-6-13-28-14-16-35-18-17-34-15-4-3-7-21-8-5-9-22(20-31)23(21)19-30(2)24-10-11-25(32)29-26(24)33/h5,8-9,20,24,27-28H,4,6,10-19H2,1-2H3,(H,29,32,33). The highest BCUT2D eigenvalue weighted by atomic mass is 16.5. The predicted molar refractivity (Wildman–Crippen MR) is 134 cm³/mol. The van der Waals surface area contributed by atoms with Gasteiger partial charge in [0.25, 0.3) is 0 Å². The van der Waals surface area contributed by atoms with Crippen LogP contribution in [0.25, 0.3) is 0 Å². The molecule has 2 rings (SSSR count). The van der Waals surface area contributed by atoms with Crippen LogP contribution < -0.4 is 16.0 Å². The van der Waals surface area contributed by atoms with E-state index in [2.05, 4.69) is 27.8 Å². The number of ether oxygens (including phenoxy) is 2. The Kier molecular flexibility index (Phi) is 13.8. The van der Waals surface area contributed by atoms with Crippen molar-refractivity contribution in [3.63, 3.8) is 0 Å². The number of rotatable bonds is 16. The van der Waals surface area contributed by atoms with Crippen LogP contribution in [0.3, 0.4) is 0 Å². The highest BCUT2D eigenvalue weighted by molar-refractivity contribution is 6.00. The van der Waals surface area contributed by atoms with Crippen LogP contribution in [0.5, 0.6) is 0 Å². The van der Waals surface area contributed by atoms with Crippen LogP contribution >= 0.6 is 0 Å². The number of benzene rings is 1. The Hall–Kier alpha value is -2.61. The van der Waals surface area contributed by atoms with Gasteiger partial charge in [0.05, 0.1) is 32.5 Å². The SMILES string of the molecule is CNCCCNCCOCCOCCC#Cc1cccc(C=O)c1CN(C)C1CCC(=O)NC1=O. The Bertz CT molecular complexity index is 880. The second-order valence-electron chi connectivity index (χ2n) is 8.36. The van der Waals surface area contributed by atoms with Gasteiger partial charge in [-0.3, -0.25) is 24.6 Å². The van der Waals surface area contributed by atoms with Gasteiger partial charge in [0.2, 0.25) is 11.8 Å². The first-order chi connectivity index (χ1) is 17.1. The lowest BCUT2D eigenvalue weighted by Crippen LogP contribution is -2.51. The van der Waals surface area contributed by atoms with Gasteiger partial charge >= 0.3 is 0 Å². The fourth-order valence-electron chi connectivity index (χ4n) is 3.73. The van der Waals surface area contributed by atoms with E-state index in [1.807, 2.05) is 25.1 Å². The summed E-state index contributed by atoms with van der Waals surface area (Å²) in [4.78, 5) is 37.1. The lowest BCUT2D eigenvalue weighted by Gasteiger charge is -2.30. The molecule has 192 valence electrons. The Balaban J connectivity index is 1.74. The van der Waals surface area contributed by atoms with E-state index >= 15 is 0 Å². The average Bonchev–Trinajstić information content (AvgIpc) is 2.84. The van der Waals surface area contributed by atoms with Crippen LogP contribution in [0, 0.1) is 11.8 Å². The Morgan fingerprint density at radius 2 is 1.94 bits per heavy atom. The fourth-order valence-corrected chi connectivity index (χ4v) is 3.73. The smallest absolute Gasteiger partial charge is 0.243 e. The number of amides is 2. The number of hydrogen-bond acceptors (Lipinski definition) is 8. The largest absolute Gasteiger partial charge is 0.378 e. The normalized spacial score (nSPS) is 15.6. The van der Waals surface area contributed by atoms with E-state index in [0.29, 0.717) is 57.8 Å². The van der Waals surface area contributed by atoms with Gasteiger partial charge in [-0.1, -0.05) is 24.0 Å². The summed E-state index contributed by atoms with van der Waals surface area (Å²) in [6, 6.07) is 4.99. The molecule has 0 aliphatic carbocycles. The summed E-state index contributed by atoms with van der Waals surface area (Å²) < 4.78 is 11.1. The first-order valence-corrected chi connectivity index (χ1v) is 12.2. The molecular weight excluding hydrogens is 448 g/mol. The van der Waals surface area contributed by atoms with E-state index < -0.39 is 6.04 Å². The molecule has 1 atom stereocenters. The van der Waals surface area contributed by atoms with Crippen molar-refractivity contribution in [2.75, 3.05) is 60.2 Å². The number of likely N-dealkylation sites (N-methyl/N-ethyl adjacent to an activating group) is 1. The molecule has 9 heteroatoms. The third-order valence-electron chi connectivity index (χ3n) is 5.66. The van der Waals surface area contributed by atoms with Crippen LogP contribution in [0.15, 0.2) is 18.2 Å². The molecule has 1 saturated heterocycles. The van der Waals surface area contributed by atoms with Gasteiger partial charge in [0, 0.05) is 37.1 Å². The highest BCUT2D eigenvalue weighted by Gasteiger charge is 2.30. The van der Waals surface area contributed by atoms with Gasteiger partial charge in [-0.05, 0) is 51.7 Å². The molecule has 2 amide bonds. The van der Waals surface area contributed by atoms with E-state index in [1.54, 1.807) is 12.1 Å². The number of carbonyl (C=O) groups excluding carboxylic acids is 3. The second-order valence-corrected chi connectivity index (χ2v) is 8.36. The maximum absolute atomic E-state index is 12.2. The van der Waals surface area contributed by atoms with Crippen molar-refractivity contribution in [2.24, 2.45) is 0 Å². The molecule has 1 aliphatic rings. The Morgan fingerprint density at radius 1 is 1.14 bits per heavy atom. The van der Waals surface area contributed by atoms with E-state index in [4.69, 9.17) is 9.47 Å². The first kappa shape index (κ1) is 28.6. The molecule has 0 radical (unpaired) electrons. The first-order valence-electron chi connectivity index (χ1n) is 12.2. The maximum atomic E-state index is 12.2. The molecule has 0 bridgehead atoms. The van der Waals surface area contributed by atoms with Gasteiger partial charge < -0.3 is 20.1 Å². The molecule has 3 N–H and O–H groups in total. The monoisotopic (exact) mass is 486 g/mol. The number of hydrogen-bond donors (Lipinski definition) is 3. The van der Waals surface area contributed by atoms with Crippen LogP contribution in [-0.4, -0.2) is 89.2 Å². The van der Waals surface area contributed by atoms with Crippen LogP contribution in [0.2, 0.25) is 0 Å². The number of piperidine rings is 1. The maximum Gasteiger partial charge on any atom is 0.243 e. The average molecular weight is 487 g/mol. The second kappa shape index (κ2) is 16.9. The Morgan fingerprint density at radius 3 is 2.69 bits per heavy atom. The lowest BCUT2D eigenvalue weighted by atomic mass is 9.99. The molecule has 1 fully saturated rings. The van der Waals surface area contributed by atoms with E-state index in [0.717, 1.165) is 43.5 Å². The molecule has 0 spiro atoms. The quantitative estimate of drug-likeness (QED) is 0.136. The van der Waals surface area contributed by atoms with Crippen molar-refractivity contribution in [2.45, 2.75) is 38.3 Å². The van der Waals surface area contributed by atoms with Gasteiger partial charge in [-0.2, -0.15) is 0 Å². The minimum Gasteiger partial charge on any atom is -0.378 e. The summed E-state index contributed by atoms with van der Waals surface area (Å²) in [7, 11) is 3.76. The third kappa shape index (κ3) is 10.7. The summed E-state index contributed by atoms with van der Waals surface area (Å²) in [5.41, 5.74) is 2.07. The van der Waals surface area contributed by atoms with Gasteiger partial charge in [0.15, 0.2) is 0 Å². The lowest BCUT2D eigenvalue weighted by molar-refractivity contribution is -0.137. The topological polar surface area (TPSA) is 109 Å². The van der Waals surface area contributed by atoms with Crippen molar-refractivity contribution in [1.82, 2.24) is 20.9 Å². The molecule has 1 aromatic rings. The minimum absolute atomic E-state index is 0.249. The summed E-state index contributed by atoms with van der Waals surface area (Å²) in [6.07, 6.45) is 3.22. The summed E-state index contributed by atoms with van der Waals surface area (Å²) >= 11 is 0. The van der Waals surface area contributed by atoms with E-state index in [1.165, 1.54) is 0 Å². The van der Waals surface area contributed by atoms with Crippen LogP contribution in [0.1, 0.15) is 47.2 Å². The zero-order chi connectivity index (χ0) is 25.3. The molecule has 0 aromatic heterocycles. The molecular formula is C26H38N4O5. The van der Waals surface area contributed by atoms with Crippen LogP contribution in [-0.2, 0) is 25.6 Å². The van der Waals surface area contributed by atoms with Crippen molar-refractivity contribution in [1.29, 1.82) is 0 Å². The van der Waals surface area contributed by atoms with Crippen molar-refractivity contribution < 1.29 is 23.9 Å². The van der Waals surface area contributed by atoms with E-state index in [-0.39, 0.29) is 11.8 Å². The molecule has 1 unspecified atom stereocenters. The number of aldehydes is 1. The zero-order valence-electron chi connectivity index (χ0n) is 20.9. The third-order valence-corrected chi connectivity index (χ3v) is 5.66. The summed E-state index contributed by atoms with van der Waals surface area (Å²) in [5.74, 6) is 5.69.